The van der Waals surface area contributed by atoms with Crippen LogP contribution in [0.1, 0.15) is 13.3 Å². The summed E-state index contributed by atoms with van der Waals surface area (Å²) in [5, 5.41) is 6.91. The fraction of sp³-hybridized carbons (Fsp3) is 0.300. The number of benzene rings is 1. The van der Waals surface area contributed by atoms with Crippen molar-refractivity contribution in [3.05, 3.63) is 29.3 Å². The highest BCUT2D eigenvalue weighted by Crippen LogP contribution is 2.24. The van der Waals surface area contributed by atoms with Gasteiger partial charge < -0.3 is 5.73 Å². The Morgan fingerprint density at radius 3 is 2.57 bits per heavy atom. The molecule has 4 heteroatoms. The van der Waals surface area contributed by atoms with Gasteiger partial charge in [-0.1, -0.05) is 11.6 Å². The molecule has 1 unspecified atom stereocenters. The Labute approximate surface area is 88.2 Å². The maximum atomic E-state index is 5.80. The molecule has 0 saturated heterocycles. The summed E-state index contributed by atoms with van der Waals surface area (Å²) in [5.74, 6) is 0.687. The molecule has 2 N–H and O–H groups in total. The molecule has 0 spiro atoms. The monoisotopic (exact) mass is 209 g/mol. The van der Waals surface area contributed by atoms with Gasteiger partial charge in [-0.15, -0.1) is 0 Å². The molecule has 3 nitrogen and oxygen atoms in total. The lowest BCUT2D eigenvalue weighted by Crippen LogP contribution is -2.22. The van der Waals surface area contributed by atoms with Crippen molar-refractivity contribution in [1.82, 2.24) is 0 Å². The van der Waals surface area contributed by atoms with Crippen LogP contribution < -0.4 is 10.7 Å². The third kappa shape index (κ3) is 1.68. The summed E-state index contributed by atoms with van der Waals surface area (Å²) < 4.78 is 0. The maximum Gasteiger partial charge on any atom is 0.122 e. The first-order valence-electron chi connectivity index (χ1n) is 4.54. The Hall–Kier alpha value is -1.22. The summed E-state index contributed by atoms with van der Waals surface area (Å²) in [7, 11) is 0. The van der Waals surface area contributed by atoms with E-state index in [-0.39, 0.29) is 0 Å². The van der Waals surface area contributed by atoms with E-state index in [0.717, 1.165) is 17.1 Å². The number of nitrogens with zero attached hydrogens (tertiary/aromatic N) is 2. The molecule has 0 aliphatic carbocycles. The normalized spacial score (nSPS) is 21.1. The fourth-order valence-corrected chi connectivity index (χ4v) is 1.70. The third-order valence-electron chi connectivity index (χ3n) is 2.25. The van der Waals surface area contributed by atoms with Gasteiger partial charge in [0.2, 0.25) is 0 Å². The molecule has 1 aromatic rings. The fourth-order valence-electron chi connectivity index (χ4n) is 1.57. The zero-order valence-electron chi connectivity index (χ0n) is 7.94. The van der Waals surface area contributed by atoms with E-state index < -0.39 is 0 Å². The Balaban J connectivity index is 2.27. The predicted octanol–water partition coefficient (Wildman–Crippen LogP) is 2.21. The second-order valence-electron chi connectivity index (χ2n) is 3.47. The quantitative estimate of drug-likeness (QED) is 0.771. The summed E-state index contributed by atoms with van der Waals surface area (Å²) in [5.41, 5.74) is 6.70. The van der Waals surface area contributed by atoms with Crippen LogP contribution >= 0.6 is 11.6 Å². The number of amidine groups is 1. The summed E-state index contributed by atoms with van der Waals surface area (Å²) >= 11 is 5.80. The van der Waals surface area contributed by atoms with Crippen LogP contribution in [0.25, 0.3) is 0 Å². The van der Waals surface area contributed by atoms with Crippen molar-refractivity contribution >= 4 is 23.1 Å². The van der Waals surface area contributed by atoms with Crippen LogP contribution in [0.4, 0.5) is 5.69 Å². The van der Waals surface area contributed by atoms with Crippen molar-refractivity contribution in [2.24, 2.45) is 10.8 Å². The van der Waals surface area contributed by atoms with Gasteiger partial charge in [-0.05, 0) is 31.2 Å². The smallest absolute Gasteiger partial charge is 0.122 e. The van der Waals surface area contributed by atoms with Crippen molar-refractivity contribution < 1.29 is 0 Å². The van der Waals surface area contributed by atoms with Crippen LogP contribution in [-0.4, -0.2) is 11.9 Å². The Kier molecular flexibility index (Phi) is 2.33. The number of hydrogen-bond donors (Lipinski definition) is 1. The Morgan fingerprint density at radius 2 is 2.07 bits per heavy atom. The molecule has 1 atom stereocenters. The van der Waals surface area contributed by atoms with Gasteiger partial charge in [0.15, 0.2) is 0 Å². The Morgan fingerprint density at radius 1 is 1.43 bits per heavy atom. The maximum absolute atomic E-state index is 5.80. The molecule has 1 aliphatic heterocycles. The largest absolute Gasteiger partial charge is 0.386 e. The number of halogens is 1. The molecular formula is C10H12ClN3. The summed E-state index contributed by atoms with van der Waals surface area (Å²) in [4.78, 5) is 0. The standard InChI is InChI=1S/C10H12ClN3/c1-7-6-10(12)13-14(7)9-4-2-8(11)3-5-9/h2-5,7H,6H2,1H3,(H2,12,13). The van der Waals surface area contributed by atoms with Crippen LogP contribution in [0.5, 0.6) is 0 Å². The zero-order valence-corrected chi connectivity index (χ0v) is 8.70. The third-order valence-corrected chi connectivity index (χ3v) is 2.50. The van der Waals surface area contributed by atoms with Crippen molar-refractivity contribution in [1.29, 1.82) is 0 Å². The SMILES string of the molecule is CC1CC(N)=NN1c1ccc(Cl)cc1. The first-order valence-corrected chi connectivity index (χ1v) is 4.92. The number of nitrogens with two attached hydrogens (primary N) is 1. The van der Waals surface area contributed by atoms with E-state index in [2.05, 4.69) is 12.0 Å². The van der Waals surface area contributed by atoms with Gasteiger partial charge in [0, 0.05) is 11.4 Å². The molecule has 0 radical (unpaired) electrons. The molecule has 0 fully saturated rings. The second-order valence-corrected chi connectivity index (χ2v) is 3.90. The van der Waals surface area contributed by atoms with Gasteiger partial charge in [-0.3, -0.25) is 5.01 Å². The van der Waals surface area contributed by atoms with E-state index in [1.807, 2.05) is 29.3 Å². The molecule has 14 heavy (non-hydrogen) atoms. The topological polar surface area (TPSA) is 41.6 Å². The molecule has 0 saturated carbocycles. The molecule has 0 bridgehead atoms. The number of hydrogen-bond acceptors (Lipinski definition) is 3. The van der Waals surface area contributed by atoms with E-state index in [9.17, 15) is 0 Å². The zero-order chi connectivity index (χ0) is 10.1. The number of anilines is 1. The molecule has 74 valence electrons. The summed E-state index contributed by atoms with van der Waals surface area (Å²) in [6.07, 6.45) is 0.822. The molecular weight excluding hydrogens is 198 g/mol. The van der Waals surface area contributed by atoms with Crippen LogP contribution in [0, 0.1) is 0 Å². The average molecular weight is 210 g/mol. The predicted molar refractivity (Wildman–Crippen MR) is 59.6 cm³/mol. The lowest BCUT2D eigenvalue weighted by atomic mass is 10.2. The number of hydrazone groups is 1. The van der Waals surface area contributed by atoms with Crippen LogP contribution in [-0.2, 0) is 0 Å². The number of rotatable bonds is 1. The van der Waals surface area contributed by atoms with Crippen molar-refractivity contribution in [2.75, 3.05) is 5.01 Å². The summed E-state index contributed by atoms with van der Waals surface area (Å²) in [6, 6.07) is 7.93. The molecule has 2 rings (SSSR count). The van der Waals surface area contributed by atoms with Gasteiger partial charge in [0.1, 0.15) is 5.84 Å². The van der Waals surface area contributed by atoms with E-state index in [1.165, 1.54) is 0 Å². The lowest BCUT2D eigenvalue weighted by molar-refractivity contribution is 0.723. The second kappa shape index (κ2) is 3.50. The van der Waals surface area contributed by atoms with Gasteiger partial charge in [-0.25, -0.2) is 0 Å². The van der Waals surface area contributed by atoms with Crippen molar-refractivity contribution in [3.8, 4) is 0 Å². The molecule has 1 aliphatic rings. The van der Waals surface area contributed by atoms with Crippen LogP contribution in [0.3, 0.4) is 0 Å². The highest BCUT2D eigenvalue weighted by atomic mass is 35.5. The minimum Gasteiger partial charge on any atom is -0.386 e. The van der Waals surface area contributed by atoms with Crippen LogP contribution in [0.15, 0.2) is 29.4 Å². The van der Waals surface area contributed by atoms with Gasteiger partial charge in [0.05, 0.1) is 11.7 Å². The van der Waals surface area contributed by atoms with Crippen LogP contribution in [0.2, 0.25) is 5.02 Å². The van der Waals surface area contributed by atoms with Gasteiger partial charge in [0.25, 0.3) is 0 Å². The van der Waals surface area contributed by atoms with E-state index in [4.69, 9.17) is 17.3 Å². The molecule has 1 heterocycles. The van der Waals surface area contributed by atoms with E-state index >= 15 is 0 Å². The lowest BCUT2D eigenvalue weighted by Gasteiger charge is -2.19. The minimum atomic E-state index is 0.330. The average Bonchev–Trinajstić information content (AvgIpc) is 2.47. The molecule has 1 aromatic carbocycles. The van der Waals surface area contributed by atoms with E-state index in [0.29, 0.717) is 11.9 Å². The van der Waals surface area contributed by atoms with Gasteiger partial charge in [-0.2, -0.15) is 5.10 Å². The van der Waals surface area contributed by atoms with Crippen molar-refractivity contribution in [2.45, 2.75) is 19.4 Å². The highest BCUT2D eigenvalue weighted by molar-refractivity contribution is 6.30. The molecule has 0 amide bonds. The minimum absolute atomic E-state index is 0.330. The van der Waals surface area contributed by atoms with Crippen molar-refractivity contribution in [3.63, 3.8) is 0 Å². The summed E-state index contributed by atoms with van der Waals surface area (Å²) in [6.45, 7) is 2.10. The van der Waals surface area contributed by atoms with Gasteiger partial charge >= 0.3 is 0 Å². The first-order chi connectivity index (χ1) is 6.66. The molecule has 0 aromatic heterocycles. The highest BCUT2D eigenvalue weighted by Gasteiger charge is 2.21. The van der Waals surface area contributed by atoms with E-state index in [1.54, 1.807) is 0 Å². The Bertz CT molecular complexity index is 358. The first kappa shape index (κ1) is 9.34.